The Balaban J connectivity index is 2.45. The van der Waals surface area contributed by atoms with Crippen LogP contribution in [0.25, 0.3) is 0 Å². The first-order valence-corrected chi connectivity index (χ1v) is 6.66. The maximum absolute atomic E-state index is 12.1. The molecule has 0 aromatic heterocycles. The van der Waals surface area contributed by atoms with Crippen LogP contribution >= 0.6 is 0 Å². The number of nitrogens with one attached hydrogen (secondary N) is 2. The monoisotopic (exact) mass is 320 g/mol. The van der Waals surface area contributed by atoms with Crippen molar-refractivity contribution in [2.75, 3.05) is 26.8 Å². The molecule has 1 aromatic carbocycles. The van der Waals surface area contributed by atoms with E-state index in [1.807, 2.05) is 0 Å². The van der Waals surface area contributed by atoms with Crippen LogP contribution in [0.2, 0.25) is 0 Å². The zero-order chi connectivity index (χ0) is 16.6. The second-order valence-electron chi connectivity index (χ2n) is 4.58. The van der Waals surface area contributed by atoms with E-state index in [-0.39, 0.29) is 24.2 Å². The van der Waals surface area contributed by atoms with E-state index in [0.717, 1.165) is 0 Å². The maximum atomic E-state index is 12.1. The smallest absolute Gasteiger partial charge is 0.406 e. The molecule has 22 heavy (non-hydrogen) atoms. The highest BCUT2D eigenvalue weighted by Gasteiger charge is 2.31. The van der Waals surface area contributed by atoms with Gasteiger partial charge >= 0.3 is 6.36 Å². The van der Waals surface area contributed by atoms with Gasteiger partial charge in [0.05, 0.1) is 19.2 Å². The third kappa shape index (κ3) is 7.28. The molecule has 0 saturated carbocycles. The molecule has 0 saturated heterocycles. The van der Waals surface area contributed by atoms with Gasteiger partial charge in [-0.05, 0) is 24.6 Å². The zero-order valence-electron chi connectivity index (χ0n) is 12.4. The molecular formula is C14H19F3N2O3. The van der Waals surface area contributed by atoms with Crippen LogP contribution in [0.5, 0.6) is 5.75 Å². The minimum absolute atomic E-state index is 0.142. The summed E-state index contributed by atoms with van der Waals surface area (Å²) >= 11 is 0. The van der Waals surface area contributed by atoms with E-state index >= 15 is 0 Å². The molecule has 0 bridgehead atoms. The predicted octanol–water partition coefficient (Wildman–Crippen LogP) is 2.00. The number of ether oxygens (including phenoxy) is 2. The number of hydrogen-bond donors (Lipinski definition) is 2. The Kier molecular flexibility index (Phi) is 7.13. The highest BCUT2D eigenvalue weighted by Crippen LogP contribution is 2.24. The highest BCUT2D eigenvalue weighted by molar-refractivity contribution is 5.78. The van der Waals surface area contributed by atoms with Gasteiger partial charge in [-0.2, -0.15) is 0 Å². The third-order valence-corrected chi connectivity index (χ3v) is 2.76. The van der Waals surface area contributed by atoms with Crippen molar-refractivity contribution in [3.63, 3.8) is 0 Å². The molecule has 0 heterocycles. The van der Waals surface area contributed by atoms with Crippen molar-refractivity contribution in [2.24, 2.45) is 0 Å². The Bertz CT molecular complexity index is 463. The van der Waals surface area contributed by atoms with E-state index < -0.39 is 6.36 Å². The average molecular weight is 320 g/mol. The Hall–Kier alpha value is -1.80. The van der Waals surface area contributed by atoms with Gasteiger partial charge in [-0.15, -0.1) is 13.2 Å². The molecule has 2 N–H and O–H groups in total. The number of halogens is 3. The number of carbonyl (C=O) groups is 1. The number of carbonyl (C=O) groups excluding carboxylic acids is 1. The lowest BCUT2D eigenvalue weighted by atomic mass is 10.1. The van der Waals surface area contributed by atoms with Crippen LogP contribution in [0.15, 0.2) is 24.3 Å². The van der Waals surface area contributed by atoms with Crippen molar-refractivity contribution in [3.05, 3.63) is 29.8 Å². The van der Waals surface area contributed by atoms with Crippen LogP contribution in [0, 0.1) is 0 Å². The fourth-order valence-electron chi connectivity index (χ4n) is 1.71. The van der Waals surface area contributed by atoms with Gasteiger partial charge < -0.3 is 20.1 Å². The maximum Gasteiger partial charge on any atom is 0.573 e. The van der Waals surface area contributed by atoms with Gasteiger partial charge in [0.2, 0.25) is 5.91 Å². The summed E-state index contributed by atoms with van der Waals surface area (Å²) in [5.74, 6) is -0.504. The summed E-state index contributed by atoms with van der Waals surface area (Å²) in [5, 5.41) is 5.63. The number of amides is 1. The molecule has 0 spiro atoms. The van der Waals surface area contributed by atoms with E-state index in [2.05, 4.69) is 15.4 Å². The number of alkyl halides is 3. The van der Waals surface area contributed by atoms with Crippen molar-refractivity contribution < 1.29 is 27.4 Å². The lowest BCUT2D eigenvalue weighted by Crippen LogP contribution is -2.36. The summed E-state index contributed by atoms with van der Waals surface area (Å²) in [5.41, 5.74) is 0.680. The normalized spacial score (nSPS) is 12.8. The second kappa shape index (κ2) is 8.60. The second-order valence-corrected chi connectivity index (χ2v) is 4.58. The molecule has 0 aliphatic heterocycles. The van der Waals surface area contributed by atoms with E-state index in [9.17, 15) is 18.0 Å². The number of rotatable bonds is 8. The van der Waals surface area contributed by atoms with Crippen LogP contribution in [-0.4, -0.2) is 39.1 Å². The van der Waals surface area contributed by atoms with Crippen LogP contribution in [0.1, 0.15) is 18.5 Å². The van der Waals surface area contributed by atoms with Crippen molar-refractivity contribution in [3.8, 4) is 5.75 Å². The first kappa shape index (κ1) is 18.2. The minimum atomic E-state index is -4.71. The number of benzene rings is 1. The molecule has 1 aromatic rings. The Morgan fingerprint density at radius 2 is 1.91 bits per heavy atom. The molecule has 0 aliphatic carbocycles. The largest absolute Gasteiger partial charge is 0.573 e. The van der Waals surface area contributed by atoms with Gasteiger partial charge in [0.15, 0.2) is 0 Å². The molecule has 5 nitrogen and oxygen atoms in total. The SMILES string of the molecule is COCCNCC(=O)NC(C)c1ccc(OC(F)(F)F)cc1. The van der Waals surface area contributed by atoms with Gasteiger partial charge in [0, 0.05) is 13.7 Å². The zero-order valence-corrected chi connectivity index (χ0v) is 12.4. The van der Waals surface area contributed by atoms with Crippen LogP contribution < -0.4 is 15.4 Å². The molecule has 0 radical (unpaired) electrons. The van der Waals surface area contributed by atoms with Gasteiger partial charge in [-0.3, -0.25) is 4.79 Å². The summed E-state index contributed by atoms with van der Waals surface area (Å²) in [7, 11) is 1.57. The molecule has 1 atom stereocenters. The molecule has 1 unspecified atom stereocenters. The summed E-state index contributed by atoms with van der Waals surface area (Å²) < 4.78 is 44.8. The molecule has 0 fully saturated rings. The van der Waals surface area contributed by atoms with Crippen molar-refractivity contribution in [1.29, 1.82) is 0 Å². The molecule has 0 aliphatic rings. The first-order valence-electron chi connectivity index (χ1n) is 6.66. The average Bonchev–Trinajstić information content (AvgIpc) is 2.42. The molecule has 8 heteroatoms. The summed E-state index contributed by atoms with van der Waals surface area (Å²) in [4.78, 5) is 11.7. The Morgan fingerprint density at radius 1 is 1.27 bits per heavy atom. The predicted molar refractivity (Wildman–Crippen MR) is 74.4 cm³/mol. The molecular weight excluding hydrogens is 301 g/mol. The van der Waals surface area contributed by atoms with E-state index in [1.54, 1.807) is 14.0 Å². The van der Waals surface area contributed by atoms with Gasteiger partial charge in [0.25, 0.3) is 0 Å². The van der Waals surface area contributed by atoms with E-state index in [0.29, 0.717) is 18.7 Å². The number of methoxy groups -OCH3 is 1. The summed E-state index contributed by atoms with van der Waals surface area (Å²) in [6.45, 7) is 2.95. The van der Waals surface area contributed by atoms with E-state index in [1.165, 1.54) is 24.3 Å². The van der Waals surface area contributed by atoms with Crippen molar-refractivity contribution in [2.45, 2.75) is 19.3 Å². The fraction of sp³-hybridized carbons (Fsp3) is 0.500. The highest BCUT2D eigenvalue weighted by atomic mass is 19.4. The summed E-state index contributed by atoms with van der Waals surface area (Å²) in [6, 6.07) is 5.05. The molecule has 124 valence electrons. The lowest BCUT2D eigenvalue weighted by Gasteiger charge is -2.15. The Morgan fingerprint density at radius 3 is 2.45 bits per heavy atom. The van der Waals surface area contributed by atoms with Gasteiger partial charge in [-0.25, -0.2) is 0 Å². The summed E-state index contributed by atoms with van der Waals surface area (Å²) in [6.07, 6.45) is -4.71. The molecule has 1 amide bonds. The lowest BCUT2D eigenvalue weighted by molar-refractivity contribution is -0.274. The standard InChI is InChI=1S/C14H19F3N2O3/c1-10(19-13(20)9-18-7-8-21-2)11-3-5-12(6-4-11)22-14(15,16)17/h3-6,10,18H,7-9H2,1-2H3,(H,19,20). The van der Waals surface area contributed by atoms with Crippen LogP contribution in [0.4, 0.5) is 13.2 Å². The first-order chi connectivity index (χ1) is 10.3. The quantitative estimate of drug-likeness (QED) is 0.719. The third-order valence-electron chi connectivity index (χ3n) is 2.76. The Labute approximate surface area is 126 Å². The van der Waals surface area contributed by atoms with Crippen molar-refractivity contribution in [1.82, 2.24) is 10.6 Å². The van der Waals surface area contributed by atoms with Gasteiger partial charge in [-0.1, -0.05) is 12.1 Å². The van der Waals surface area contributed by atoms with Crippen LogP contribution in [0.3, 0.4) is 0 Å². The topological polar surface area (TPSA) is 59.6 Å². The van der Waals surface area contributed by atoms with E-state index in [4.69, 9.17) is 4.74 Å². The van der Waals surface area contributed by atoms with Gasteiger partial charge in [0.1, 0.15) is 5.75 Å². The minimum Gasteiger partial charge on any atom is -0.406 e. The fourth-order valence-corrected chi connectivity index (χ4v) is 1.71. The number of hydrogen-bond acceptors (Lipinski definition) is 4. The van der Waals surface area contributed by atoms with Crippen molar-refractivity contribution >= 4 is 5.91 Å². The molecule has 1 rings (SSSR count). The van der Waals surface area contributed by atoms with Crippen LogP contribution in [-0.2, 0) is 9.53 Å².